The number of phenols is 1. The summed E-state index contributed by atoms with van der Waals surface area (Å²) in [5.74, 6) is 1.56. The summed E-state index contributed by atoms with van der Waals surface area (Å²) in [6.07, 6.45) is 0.892. The van der Waals surface area contributed by atoms with Gasteiger partial charge in [-0.3, -0.25) is 0 Å². The molecule has 0 heterocycles. The summed E-state index contributed by atoms with van der Waals surface area (Å²) < 4.78 is 5.25. The fraction of sp³-hybridized carbons (Fsp3) is 0.400. The Labute approximate surface area is 84.0 Å². The summed E-state index contributed by atoms with van der Waals surface area (Å²) in [6, 6.07) is 5.40. The molecule has 0 fully saturated rings. The Morgan fingerprint density at radius 1 is 1.46 bits per heavy atom. The van der Waals surface area contributed by atoms with Gasteiger partial charge >= 0.3 is 0 Å². The van der Waals surface area contributed by atoms with Crippen LogP contribution in [0.4, 0.5) is 0 Å². The van der Waals surface area contributed by atoms with E-state index in [2.05, 4.69) is 12.6 Å². The maximum Gasteiger partial charge on any atom is 0.161 e. The summed E-state index contributed by atoms with van der Waals surface area (Å²) in [6.45, 7) is 2.46. The zero-order chi connectivity index (χ0) is 9.68. The molecule has 0 aliphatic rings. The third-order valence-electron chi connectivity index (χ3n) is 1.72. The number of thiol groups is 1. The molecule has 0 amide bonds. The zero-order valence-corrected chi connectivity index (χ0v) is 8.55. The van der Waals surface area contributed by atoms with Crippen LogP contribution in [-0.2, 0) is 6.42 Å². The van der Waals surface area contributed by atoms with Crippen LogP contribution in [0.3, 0.4) is 0 Å². The van der Waals surface area contributed by atoms with Gasteiger partial charge in [0.15, 0.2) is 11.5 Å². The van der Waals surface area contributed by atoms with Gasteiger partial charge in [-0.25, -0.2) is 0 Å². The molecule has 0 aliphatic heterocycles. The van der Waals surface area contributed by atoms with Gasteiger partial charge in [-0.05, 0) is 36.8 Å². The maximum atomic E-state index is 9.39. The van der Waals surface area contributed by atoms with Crippen molar-refractivity contribution < 1.29 is 9.84 Å². The van der Waals surface area contributed by atoms with Crippen molar-refractivity contribution in [1.82, 2.24) is 0 Å². The van der Waals surface area contributed by atoms with E-state index in [0.29, 0.717) is 12.4 Å². The minimum Gasteiger partial charge on any atom is -0.504 e. The van der Waals surface area contributed by atoms with Crippen LogP contribution >= 0.6 is 12.6 Å². The zero-order valence-electron chi connectivity index (χ0n) is 7.66. The van der Waals surface area contributed by atoms with E-state index >= 15 is 0 Å². The molecule has 0 unspecified atom stereocenters. The number of benzene rings is 1. The van der Waals surface area contributed by atoms with Gasteiger partial charge in [0.1, 0.15) is 0 Å². The molecule has 0 atom stereocenters. The van der Waals surface area contributed by atoms with E-state index in [0.717, 1.165) is 17.7 Å². The SMILES string of the molecule is CCOc1cc(CCS)ccc1O. The molecule has 72 valence electrons. The summed E-state index contributed by atoms with van der Waals surface area (Å²) in [5.41, 5.74) is 1.14. The van der Waals surface area contributed by atoms with Crippen LogP contribution in [0.25, 0.3) is 0 Å². The molecule has 13 heavy (non-hydrogen) atoms. The van der Waals surface area contributed by atoms with Crippen molar-refractivity contribution in [3.8, 4) is 11.5 Å². The fourth-order valence-electron chi connectivity index (χ4n) is 1.11. The van der Waals surface area contributed by atoms with Crippen molar-refractivity contribution in [2.45, 2.75) is 13.3 Å². The number of aryl methyl sites for hydroxylation is 1. The lowest BCUT2D eigenvalue weighted by atomic mass is 10.1. The van der Waals surface area contributed by atoms with Gasteiger partial charge in [-0.2, -0.15) is 12.6 Å². The molecule has 0 bridgehead atoms. The molecule has 0 saturated heterocycles. The Hall–Kier alpha value is -0.830. The Bertz CT molecular complexity index is 274. The summed E-state index contributed by atoms with van der Waals surface area (Å²) >= 11 is 4.14. The summed E-state index contributed by atoms with van der Waals surface area (Å²) in [4.78, 5) is 0. The van der Waals surface area contributed by atoms with E-state index in [1.54, 1.807) is 6.07 Å². The third kappa shape index (κ3) is 2.84. The highest BCUT2D eigenvalue weighted by atomic mass is 32.1. The fourth-order valence-corrected chi connectivity index (χ4v) is 1.37. The predicted octanol–water partition coefficient (Wildman–Crippen LogP) is 2.26. The highest BCUT2D eigenvalue weighted by Crippen LogP contribution is 2.26. The van der Waals surface area contributed by atoms with Crippen LogP contribution in [0.5, 0.6) is 11.5 Å². The minimum atomic E-state index is 0.199. The lowest BCUT2D eigenvalue weighted by Crippen LogP contribution is -1.94. The first-order valence-electron chi connectivity index (χ1n) is 4.33. The van der Waals surface area contributed by atoms with E-state index in [1.165, 1.54) is 0 Å². The second-order valence-corrected chi connectivity index (χ2v) is 3.16. The smallest absolute Gasteiger partial charge is 0.161 e. The summed E-state index contributed by atoms with van der Waals surface area (Å²) in [5, 5.41) is 9.39. The first kappa shape index (κ1) is 10.3. The Morgan fingerprint density at radius 3 is 2.85 bits per heavy atom. The first-order valence-corrected chi connectivity index (χ1v) is 4.96. The number of hydrogen-bond acceptors (Lipinski definition) is 3. The highest BCUT2D eigenvalue weighted by Gasteiger charge is 2.02. The average molecular weight is 198 g/mol. The second-order valence-electron chi connectivity index (χ2n) is 2.71. The molecule has 1 aromatic carbocycles. The molecule has 0 radical (unpaired) electrons. The number of ether oxygens (including phenoxy) is 1. The Balaban J connectivity index is 2.83. The molecule has 3 heteroatoms. The molecule has 1 N–H and O–H groups in total. The molecule has 1 aromatic rings. The van der Waals surface area contributed by atoms with E-state index < -0.39 is 0 Å². The van der Waals surface area contributed by atoms with Gasteiger partial charge in [0.25, 0.3) is 0 Å². The molecule has 0 saturated carbocycles. The molecular formula is C10H14O2S. The lowest BCUT2D eigenvalue weighted by Gasteiger charge is -2.07. The average Bonchev–Trinajstić information content (AvgIpc) is 2.12. The quantitative estimate of drug-likeness (QED) is 0.727. The summed E-state index contributed by atoms with van der Waals surface area (Å²) in [7, 11) is 0. The van der Waals surface area contributed by atoms with Gasteiger partial charge in [0, 0.05) is 0 Å². The molecule has 0 aliphatic carbocycles. The van der Waals surface area contributed by atoms with E-state index in [-0.39, 0.29) is 5.75 Å². The van der Waals surface area contributed by atoms with Crippen molar-refractivity contribution in [3.63, 3.8) is 0 Å². The van der Waals surface area contributed by atoms with Gasteiger partial charge in [0.05, 0.1) is 6.61 Å². The Kier molecular flexibility index (Phi) is 3.96. The van der Waals surface area contributed by atoms with Crippen LogP contribution < -0.4 is 4.74 Å². The molecule has 0 aromatic heterocycles. The van der Waals surface area contributed by atoms with Gasteiger partial charge in [-0.15, -0.1) is 0 Å². The lowest BCUT2D eigenvalue weighted by molar-refractivity contribution is 0.318. The van der Waals surface area contributed by atoms with Gasteiger partial charge < -0.3 is 9.84 Å². The third-order valence-corrected chi connectivity index (χ3v) is 1.95. The second kappa shape index (κ2) is 5.02. The largest absolute Gasteiger partial charge is 0.504 e. The van der Waals surface area contributed by atoms with E-state index in [4.69, 9.17) is 4.74 Å². The van der Waals surface area contributed by atoms with Crippen LogP contribution in [0, 0.1) is 0 Å². The van der Waals surface area contributed by atoms with Crippen molar-refractivity contribution in [3.05, 3.63) is 23.8 Å². The Morgan fingerprint density at radius 2 is 2.23 bits per heavy atom. The van der Waals surface area contributed by atoms with E-state index in [9.17, 15) is 5.11 Å². The van der Waals surface area contributed by atoms with Crippen LogP contribution in [0.15, 0.2) is 18.2 Å². The van der Waals surface area contributed by atoms with Gasteiger partial charge in [-0.1, -0.05) is 6.07 Å². The normalized spacial score (nSPS) is 10.0. The minimum absolute atomic E-state index is 0.199. The maximum absolute atomic E-state index is 9.39. The topological polar surface area (TPSA) is 29.5 Å². The van der Waals surface area contributed by atoms with Crippen LogP contribution in [0.2, 0.25) is 0 Å². The van der Waals surface area contributed by atoms with Crippen molar-refractivity contribution >= 4 is 12.6 Å². The van der Waals surface area contributed by atoms with Gasteiger partial charge in [0.2, 0.25) is 0 Å². The molecule has 0 spiro atoms. The number of rotatable bonds is 4. The van der Waals surface area contributed by atoms with Crippen LogP contribution in [-0.4, -0.2) is 17.5 Å². The van der Waals surface area contributed by atoms with Crippen molar-refractivity contribution in [2.24, 2.45) is 0 Å². The monoisotopic (exact) mass is 198 g/mol. The first-order chi connectivity index (χ1) is 6.27. The number of aromatic hydroxyl groups is 1. The van der Waals surface area contributed by atoms with Crippen LogP contribution in [0.1, 0.15) is 12.5 Å². The number of hydrogen-bond donors (Lipinski definition) is 2. The predicted molar refractivity (Wildman–Crippen MR) is 56.8 cm³/mol. The molecule has 2 nitrogen and oxygen atoms in total. The number of phenolic OH excluding ortho intramolecular Hbond substituents is 1. The van der Waals surface area contributed by atoms with Crippen molar-refractivity contribution in [1.29, 1.82) is 0 Å². The van der Waals surface area contributed by atoms with E-state index in [1.807, 2.05) is 19.1 Å². The van der Waals surface area contributed by atoms with Crippen molar-refractivity contribution in [2.75, 3.05) is 12.4 Å². The molecule has 1 rings (SSSR count). The standard InChI is InChI=1S/C10H14O2S/c1-2-12-10-7-8(5-6-13)3-4-9(10)11/h3-4,7,11,13H,2,5-6H2,1H3. The highest BCUT2D eigenvalue weighted by molar-refractivity contribution is 7.80. The molecular weight excluding hydrogens is 184 g/mol.